The molecule has 2 aliphatic heterocycles. The van der Waals surface area contributed by atoms with Crippen LogP contribution >= 0.6 is 15.9 Å². The number of rotatable bonds is 4. The molecule has 6 nitrogen and oxygen atoms in total. The van der Waals surface area contributed by atoms with Crippen molar-refractivity contribution in [3.8, 4) is 0 Å². The van der Waals surface area contributed by atoms with Gasteiger partial charge in [0.25, 0.3) is 0 Å². The predicted molar refractivity (Wildman–Crippen MR) is 121 cm³/mol. The highest BCUT2D eigenvalue weighted by atomic mass is 79.9. The Kier molecular flexibility index (Phi) is 6.46. The Morgan fingerprint density at radius 2 is 1.57 bits per heavy atom. The van der Waals surface area contributed by atoms with E-state index in [1.54, 1.807) is 24.3 Å². The van der Waals surface area contributed by atoms with Crippen molar-refractivity contribution in [1.82, 2.24) is 9.21 Å². The third-order valence-corrected chi connectivity index (χ3v) is 8.31. The Labute approximate surface area is 186 Å². The Bertz CT molecular complexity index is 974. The van der Waals surface area contributed by atoms with Gasteiger partial charge in [0.1, 0.15) is 0 Å². The quantitative estimate of drug-likeness (QED) is 0.658. The van der Waals surface area contributed by atoms with Gasteiger partial charge in [-0.2, -0.15) is 4.31 Å². The molecule has 2 aliphatic rings. The van der Waals surface area contributed by atoms with Gasteiger partial charge in [-0.1, -0.05) is 34.1 Å². The second-order valence-electron chi connectivity index (χ2n) is 7.80. The Morgan fingerprint density at radius 1 is 0.900 bits per heavy atom. The first kappa shape index (κ1) is 21.3. The number of para-hydroxylation sites is 1. The van der Waals surface area contributed by atoms with Gasteiger partial charge in [-0.15, -0.1) is 0 Å². The second-order valence-corrected chi connectivity index (χ2v) is 10.7. The molecular formula is C22H26BrN3O3S. The number of piperazine rings is 1. The Balaban J connectivity index is 1.39. The van der Waals surface area contributed by atoms with E-state index in [0.717, 1.165) is 24.0 Å². The molecule has 2 aromatic carbocycles. The van der Waals surface area contributed by atoms with Gasteiger partial charge in [0.05, 0.1) is 10.8 Å². The van der Waals surface area contributed by atoms with Gasteiger partial charge >= 0.3 is 0 Å². The molecule has 8 heteroatoms. The third kappa shape index (κ3) is 4.55. The highest BCUT2D eigenvalue weighted by molar-refractivity contribution is 9.10. The molecular weight excluding hydrogens is 466 g/mol. The molecule has 2 aromatic rings. The minimum absolute atomic E-state index is 0.0819. The van der Waals surface area contributed by atoms with Crippen LogP contribution in [0.15, 0.2) is 64.0 Å². The lowest BCUT2D eigenvalue weighted by atomic mass is 9.97. The lowest BCUT2D eigenvalue weighted by molar-refractivity contribution is -0.137. The van der Waals surface area contributed by atoms with Crippen LogP contribution in [0.25, 0.3) is 0 Å². The number of carbonyl (C=O) groups is 1. The summed E-state index contributed by atoms with van der Waals surface area (Å²) >= 11 is 3.34. The zero-order chi connectivity index (χ0) is 21.1. The van der Waals surface area contributed by atoms with E-state index in [0.29, 0.717) is 26.1 Å². The molecule has 0 N–H and O–H groups in total. The molecule has 1 amide bonds. The number of carbonyl (C=O) groups excluding carboxylic acids is 1. The number of benzene rings is 2. The van der Waals surface area contributed by atoms with Gasteiger partial charge in [0.15, 0.2) is 0 Å². The molecule has 4 rings (SSSR count). The standard InChI is InChI=1S/C22H26BrN3O3S/c23-19-8-10-21(11-9-19)30(28,29)26-12-4-5-18(17-26)22(27)25-15-13-24(14-16-25)20-6-2-1-3-7-20/h1-3,6-11,18H,4-5,12-17H2/t18-/m1/s1. The van der Waals surface area contributed by atoms with Crippen LogP contribution in [0.4, 0.5) is 5.69 Å². The van der Waals surface area contributed by atoms with E-state index >= 15 is 0 Å². The summed E-state index contributed by atoms with van der Waals surface area (Å²) in [5.74, 6) is -0.189. The molecule has 2 heterocycles. The zero-order valence-corrected chi connectivity index (χ0v) is 19.2. The SMILES string of the molecule is O=C([C@@H]1CCCN(S(=O)(=O)c2ccc(Br)cc2)C1)N1CCN(c2ccccc2)CC1. The maximum absolute atomic E-state index is 13.1. The number of hydrogen-bond donors (Lipinski definition) is 0. The Hall–Kier alpha value is -1.90. The first-order valence-corrected chi connectivity index (χ1v) is 12.5. The molecule has 0 aliphatic carbocycles. The van der Waals surface area contributed by atoms with E-state index in [2.05, 4.69) is 33.0 Å². The van der Waals surface area contributed by atoms with Crippen LogP contribution in [-0.4, -0.2) is 62.8 Å². The number of sulfonamides is 1. The van der Waals surface area contributed by atoms with Crippen molar-refractivity contribution in [1.29, 1.82) is 0 Å². The number of amides is 1. The molecule has 2 fully saturated rings. The summed E-state index contributed by atoms with van der Waals surface area (Å²) in [5, 5.41) is 0. The fourth-order valence-corrected chi connectivity index (χ4v) is 5.99. The van der Waals surface area contributed by atoms with Crippen LogP contribution in [0.3, 0.4) is 0 Å². The molecule has 0 radical (unpaired) electrons. The number of halogens is 1. The highest BCUT2D eigenvalue weighted by Crippen LogP contribution is 2.26. The number of nitrogens with zero attached hydrogens (tertiary/aromatic N) is 3. The molecule has 0 saturated carbocycles. The molecule has 0 bridgehead atoms. The van der Waals surface area contributed by atoms with E-state index in [1.807, 2.05) is 23.1 Å². The van der Waals surface area contributed by atoms with E-state index in [1.165, 1.54) is 9.99 Å². The molecule has 0 spiro atoms. The largest absolute Gasteiger partial charge is 0.368 e. The van der Waals surface area contributed by atoms with E-state index < -0.39 is 10.0 Å². The van der Waals surface area contributed by atoms with Crippen LogP contribution in [0.1, 0.15) is 12.8 Å². The summed E-state index contributed by atoms with van der Waals surface area (Å²) in [6.07, 6.45) is 1.44. The predicted octanol–water partition coefficient (Wildman–Crippen LogP) is 3.20. The van der Waals surface area contributed by atoms with Crippen LogP contribution in [0, 0.1) is 5.92 Å². The van der Waals surface area contributed by atoms with Crippen LogP contribution in [0.5, 0.6) is 0 Å². The third-order valence-electron chi connectivity index (χ3n) is 5.90. The molecule has 0 aromatic heterocycles. The minimum Gasteiger partial charge on any atom is -0.368 e. The van der Waals surface area contributed by atoms with Gasteiger partial charge in [0.2, 0.25) is 15.9 Å². The maximum atomic E-state index is 13.1. The van der Waals surface area contributed by atoms with Crippen LogP contribution in [-0.2, 0) is 14.8 Å². The summed E-state index contributed by atoms with van der Waals surface area (Å²) in [4.78, 5) is 17.6. The fraction of sp³-hybridized carbons (Fsp3) is 0.409. The number of piperidine rings is 1. The Morgan fingerprint density at radius 3 is 2.23 bits per heavy atom. The maximum Gasteiger partial charge on any atom is 0.243 e. The monoisotopic (exact) mass is 491 g/mol. The summed E-state index contributed by atoms with van der Waals surface area (Å²) < 4.78 is 28.4. The highest BCUT2D eigenvalue weighted by Gasteiger charge is 2.35. The topological polar surface area (TPSA) is 60.9 Å². The average molecular weight is 492 g/mol. The summed E-state index contributed by atoms with van der Waals surface area (Å²) in [7, 11) is -3.59. The van der Waals surface area contributed by atoms with Gasteiger partial charge in [-0.05, 0) is 49.2 Å². The smallest absolute Gasteiger partial charge is 0.243 e. The minimum atomic E-state index is -3.59. The molecule has 160 valence electrons. The fourth-order valence-electron chi connectivity index (χ4n) is 4.20. The molecule has 30 heavy (non-hydrogen) atoms. The van der Waals surface area contributed by atoms with Crippen molar-refractivity contribution < 1.29 is 13.2 Å². The normalized spacial score (nSPS) is 20.9. The van der Waals surface area contributed by atoms with Crippen molar-refractivity contribution >= 4 is 37.5 Å². The summed E-state index contributed by atoms with van der Waals surface area (Å²) in [5.41, 5.74) is 1.18. The van der Waals surface area contributed by atoms with E-state index in [9.17, 15) is 13.2 Å². The lowest BCUT2D eigenvalue weighted by Crippen LogP contribution is -2.53. The molecule has 2 saturated heterocycles. The van der Waals surface area contributed by atoms with Crippen molar-refractivity contribution in [3.05, 3.63) is 59.1 Å². The summed E-state index contributed by atoms with van der Waals surface area (Å²) in [6.45, 7) is 3.65. The first-order chi connectivity index (χ1) is 14.4. The average Bonchev–Trinajstić information content (AvgIpc) is 2.80. The number of hydrogen-bond acceptors (Lipinski definition) is 4. The van der Waals surface area contributed by atoms with Crippen molar-refractivity contribution in [2.24, 2.45) is 5.92 Å². The van der Waals surface area contributed by atoms with Crippen molar-refractivity contribution in [2.45, 2.75) is 17.7 Å². The molecule has 0 unspecified atom stereocenters. The van der Waals surface area contributed by atoms with Crippen LogP contribution < -0.4 is 4.90 Å². The molecule has 1 atom stereocenters. The van der Waals surface area contributed by atoms with E-state index in [4.69, 9.17) is 0 Å². The van der Waals surface area contributed by atoms with Crippen molar-refractivity contribution in [2.75, 3.05) is 44.2 Å². The van der Waals surface area contributed by atoms with Gasteiger partial charge in [-0.25, -0.2) is 8.42 Å². The zero-order valence-electron chi connectivity index (χ0n) is 16.8. The van der Waals surface area contributed by atoms with Crippen molar-refractivity contribution in [3.63, 3.8) is 0 Å². The van der Waals surface area contributed by atoms with Gasteiger partial charge in [0, 0.05) is 49.4 Å². The summed E-state index contributed by atoms with van der Waals surface area (Å²) in [6, 6.07) is 16.9. The second kappa shape index (κ2) is 9.08. The lowest BCUT2D eigenvalue weighted by Gasteiger charge is -2.39. The van der Waals surface area contributed by atoms with E-state index in [-0.39, 0.29) is 23.3 Å². The van der Waals surface area contributed by atoms with Gasteiger partial charge < -0.3 is 9.80 Å². The first-order valence-electron chi connectivity index (χ1n) is 10.3. The van der Waals surface area contributed by atoms with Crippen LogP contribution in [0.2, 0.25) is 0 Å². The van der Waals surface area contributed by atoms with Gasteiger partial charge in [-0.3, -0.25) is 4.79 Å². The number of anilines is 1.